The third-order valence-electron chi connectivity index (χ3n) is 3.70. The van der Waals surface area contributed by atoms with Gasteiger partial charge in [-0.2, -0.15) is 0 Å². The molecular weight excluding hydrogens is 272 g/mol. The van der Waals surface area contributed by atoms with Gasteiger partial charge in [-0.1, -0.05) is 11.8 Å². The lowest BCUT2D eigenvalue weighted by atomic mass is 9.91. The van der Waals surface area contributed by atoms with Crippen molar-refractivity contribution in [3.8, 4) is 0 Å². The zero-order valence-corrected chi connectivity index (χ0v) is 12.1. The number of nitrogens with zero attached hydrogens (tertiary/aromatic N) is 1. The number of H-pyrrole nitrogens is 1. The summed E-state index contributed by atoms with van der Waals surface area (Å²) in [6.07, 6.45) is 5.79. The van der Waals surface area contributed by atoms with Gasteiger partial charge < -0.3 is 10.1 Å². The first-order chi connectivity index (χ1) is 9.72. The van der Waals surface area contributed by atoms with Gasteiger partial charge in [0, 0.05) is 12.2 Å². The van der Waals surface area contributed by atoms with Crippen molar-refractivity contribution < 1.29 is 9.90 Å². The van der Waals surface area contributed by atoms with Crippen LogP contribution >= 0.6 is 11.8 Å². The topological polar surface area (TPSA) is 66.0 Å². The third-order valence-corrected chi connectivity index (χ3v) is 4.66. The normalized spacial score (nSPS) is 14.4. The smallest absolute Gasteiger partial charge is 0.303 e. The van der Waals surface area contributed by atoms with Crippen molar-refractivity contribution in [3.05, 3.63) is 23.3 Å². The molecular formula is C15H18N2O2S. The highest BCUT2D eigenvalue weighted by Gasteiger charge is 2.12. The summed E-state index contributed by atoms with van der Waals surface area (Å²) >= 11 is 1.60. The third kappa shape index (κ3) is 2.98. The lowest BCUT2D eigenvalue weighted by Gasteiger charge is -2.14. The minimum atomic E-state index is -0.733. The van der Waals surface area contributed by atoms with Crippen LogP contribution in [0, 0.1) is 0 Å². The molecule has 1 aromatic carbocycles. The second kappa shape index (κ2) is 5.87. The van der Waals surface area contributed by atoms with Crippen LogP contribution in [0.4, 0.5) is 0 Å². The number of hydrogen-bond acceptors (Lipinski definition) is 3. The van der Waals surface area contributed by atoms with Gasteiger partial charge in [0.05, 0.1) is 11.0 Å². The van der Waals surface area contributed by atoms with Crippen LogP contribution in [-0.4, -0.2) is 26.8 Å². The molecule has 1 aliphatic rings. The predicted octanol–water partition coefficient (Wildman–Crippen LogP) is 3.40. The number of imidazole rings is 1. The fourth-order valence-corrected chi connectivity index (χ4v) is 3.51. The number of aliphatic carboxylic acids is 1. The Bertz CT molecular complexity index is 593. The average molecular weight is 290 g/mol. The van der Waals surface area contributed by atoms with Gasteiger partial charge >= 0.3 is 5.97 Å². The molecule has 106 valence electrons. The minimum Gasteiger partial charge on any atom is -0.481 e. The van der Waals surface area contributed by atoms with Crippen molar-refractivity contribution in [3.63, 3.8) is 0 Å². The molecule has 1 aliphatic carbocycles. The molecule has 2 N–H and O–H groups in total. The number of fused-ring (bicyclic) bond motifs is 2. The summed E-state index contributed by atoms with van der Waals surface area (Å²) in [5, 5.41) is 9.51. The Balaban J connectivity index is 1.72. The molecule has 0 bridgehead atoms. The van der Waals surface area contributed by atoms with Crippen molar-refractivity contribution >= 4 is 28.8 Å². The Kier molecular flexibility index (Phi) is 3.96. The first-order valence-corrected chi connectivity index (χ1v) is 8.07. The molecule has 0 fully saturated rings. The molecule has 0 saturated carbocycles. The van der Waals surface area contributed by atoms with Crippen LogP contribution in [0.5, 0.6) is 0 Å². The number of thioether (sulfide) groups is 1. The Hall–Kier alpha value is -1.49. The van der Waals surface area contributed by atoms with E-state index in [4.69, 9.17) is 5.11 Å². The van der Waals surface area contributed by atoms with E-state index in [1.54, 1.807) is 11.8 Å². The monoisotopic (exact) mass is 290 g/mol. The highest BCUT2D eigenvalue weighted by atomic mass is 32.2. The summed E-state index contributed by atoms with van der Waals surface area (Å²) in [7, 11) is 0. The van der Waals surface area contributed by atoms with Crippen molar-refractivity contribution in [1.29, 1.82) is 0 Å². The Labute approximate surface area is 122 Å². The van der Waals surface area contributed by atoms with Crippen LogP contribution in [0.2, 0.25) is 0 Å². The highest BCUT2D eigenvalue weighted by Crippen LogP contribution is 2.27. The van der Waals surface area contributed by atoms with Gasteiger partial charge in [0.25, 0.3) is 0 Å². The second-order valence-electron chi connectivity index (χ2n) is 5.23. The standard InChI is InChI=1S/C15H18N2O2S/c18-14(19)6-3-7-20-15-16-12-8-10-4-1-2-5-11(10)9-13(12)17-15/h8-9H,1-7H2,(H,16,17)(H,18,19). The van der Waals surface area contributed by atoms with Crippen molar-refractivity contribution in [2.24, 2.45) is 0 Å². The van der Waals surface area contributed by atoms with E-state index in [2.05, 4.69) is 22.1 Å². The van der Waals surface area contributed by atoms with Gasteiger partial charge in [0.1, 0.15) is 0 Å². The van der Waals surface area contributed by atoms with Gasteiger partial charge in [-0.3, -0.25) is 4.79 Å². The minimum absolute atomic E-state index is 0.224. The zero-order chi connectivity index (χ0) is 13.9. The summed E-state index contributed by atoms with van der Waals surface area (Å²) < 4.78 is 0. The van der Waals surface area contributed by atoms with Gasteiger partial charge in [0.15, 0.2) is 5.16 Å². The largest absolute Gasteiger partial charge is 0.481 e. The molecule has 3 rings (SSSR count). The summed E-state index contributed by atoms with van der Waals surface area (Å²) in [5.41, 5.74) is 5.03. The number of carbonyl (C=O) groups is 1. The quantitative estimate of drug-likeness (QED) is 0.654. The number of aromatic amines is 1. The molecule has 0 radical (unpaired) electrons. The van der Waals surface area contributed by atoms with Crippen molar-refractivity contribution in [1.82, 2.24) is 9.97 Å². The molecule has 0 atom stereocenters. The lowest BCUT2D eigenvalue weighted by Crippen LogP contribution is -2.01. The van der Waals surface area contributed by atoms with Crippen LogP contribution in [0.3, 0.4) is 0 Å². The summed E-state index contributed by atoms with van der Waals surface area (Å²) in [4.78, 5) is 18.4. The number of aryl methyl sites for hydroxylation is 2. The summed E-state index contributed by atoms with van der Waals surface area (Å²) in [6.45, 7) is 0. The van der Waals surface area contributed by atoms with E-state index in [0.29, 0.717) is 6.42 Å². The van der Waals surface area contributed by atoms with E-state index in [1.165, 1.54) is 36.8 Å². The van der Waals surface area contributed by atoms with Crippen LogP contribution < -0.4 is 0 Å². The molecule has 0 spiro atoms. The molecule has 1 heterocycles. The molecule has 1 aromatic heterocycles. The first kappa shape index (κ1) is 13.5. The van der Waals surface area contributed by atoms with E-state index < -0.39 is 5.97 Å². The number of aromatic nitrogens is 2. The van der Waals surface area contributed by atoms with E-state index in [1.807, 2.05) is 0 Å². The second-order valence-corrected chi connectivity index (χ2v) is 6.32. The summed E-state index contributed by atoms with van der Waals surface area (Å²) in [6, 6.07) is 4.44. The van der Waals surface area contributed by atoms with Gasteiger partial charge in [-0.05, 0) is 55.4 Å². The highest BCUT2D eigenvalue weighted by molar-refractivity contribution is 7.99. The zero-order valence-electron chi connectivity index (χ0n) is 11.3. The van der Waals surface area contributed by atoms with E-state index >= 15 is 0 Å². The van der Waals surface area contributed by atoms with Crippen LogP contribution in [0.1, 0.15) is 36.8 Å². The molecule has 5 heteroatoms. The van der Waals surface area contributed by atoms with Gasteiger partial charge in [0.2, 0.25) is 0 Å². The van der Waals surface area contributed by atoms with Gasteiger partial charge in [-0.15, -0.1) is 0 Å². The maximum absolute atomic E-state index is 10.5. The molecule has 2 aromatic rings. The maximum Gasteiger partial charge on any atom is 0.303 e. The van der Waals surface area contributed by atoms with Crippen LogP contribution in [-0.2, 0) is 17.6 Å². The van der Waals surface area contributed by atoms with Crippen molar-refractivity contribution in [2.45, 2.75) is 43.7 Å². The van der Waals surface area contributed by atoms with Crippen LogP contribution in [0.25, 0.3) is 11.0 Å². The Morgan fingerprint density at radius 2 is 2.05 bits per heavy atom. The van der Waals surface area contributed by atoms with Crippen LogP contribution in [0.15, 0.2) is 17.3 Å². The predicted molar refractivity (Wildman–Crippen MR) is 80.3 cm³/mol. The van der Waals surface area contributed by atoms with Crippen molar-refractivity contribution in [2.75, 3.05) is 5.75 Å². The number of carboxylic acid groups (broad SMARTS) is 1. The Morgan fingerprint density at radius 3 is 2.80 bits per heavy atom. The number of benzene rings is 1. The van der Waals surface area contributed by atoms with E-state index in [9.17, 15) is 4.79 Å². The van der Waals surface area contributed by atoms with E-state index in [-0.39, 0.29) is 6.42 Å². The molecule has 4 nitrogen and oxygen atoms in total. The number of carboxylic acids is 1. The number of nitrogens with one attached hydrogen (secondary N) is 1. The average Bonchev–Trinajstić information content (AvgIpc) is 2.82. The first-order valence-electron chi connectivity index (χ1n) is 7.08. The molecule has 0 saturated heterocycles. The lowest BCUT2D eigenvalue weighted by molar-refractivity contribution is -0.137. The summed E-state index contributed by atoms with van der Waals surface area (Å²) in [5.74, 6) is 0.0501. The number of rotatable bonds is 5. The number of hydrogen-bond donors (Lipinski definition) is 2. The Morgan fingerprint density at radius 1 is 1.30 bits per heavy atom. The molecule has 0 amide bonds. The fourth-order valence-electron chi connectivity index (χ4n) is 2.68. The molecule has 0 aliphatic heterocycles. The van der Waals surface area contributed by atoms with E-state index in [0.717, 1.165) is 21.9 Å². The van der Waals surface area contributed by atoms with Gasteiger partial charge in [-0.25, -0.2) is 4.98 Å². The SMILES string of the molecule is O=C(O)CCCSc1nc2cc3c(cc2[nH]1)CCCC3. The molecule has 0 unspecified atom stereocenters. The fraction of sp³-hybridized carbons (Fsp3) is 0.467. The maximum atomic E-state index is 10.5. The molecule has 20 heavy (non-hydrogen) atoms.